The fourth-order valence-electron chi connectivity index (χ4n) is 3.02. The molecule has 0 spiro atoms. The molecular formula is C19H24N2O2S. The van der Waals surface area contributed by atoms with Crippen LogP contribution in [0.5, 0.6) is 5.75 Å². The van der Waals surface area contributed by atoms with Gasteiger partial charge in [-0.05, 0) is 49.5 Å². The Morgan fingerprint density at radius 1 is 1.17 bits per heavy atom. The molecule has 3 rings (SSSR count). The highest BCUT2D eigenvalue weighted by Gasteiger charge is 2.24. The van der Waals surface area contributed by atoms with Crippen molar-refractivity contribution in [3.8, 4) is 5.75 Å². The molecule has 0 radical (unpaired) electrons. The molecule has 1 aliphatic rings. The summed E-state index contributed by atoms with van der Waals surface area (Å²) in [7, 11) is 0. The average Bonchev–Trinajstić information content (AvgIpc) is 3.30. The molecular weight excluding hydrogens is 320 g/mol. The van der Waals surface area contributed by atoms with Crippen molar-refractivity contribution in [1.29, 1.82) is 0 Å². The lowest BCUT2D eigenvalue weighted by Crippen LogP contribution is -2.36. The second kappa shape index (κ2) is 8.85. The fraction of sp³-hybridized carbons (Fsp3) is 0.421. The number of carbonyl (C=O) groups is 1. The van der Waals surface area contributed by atoms with E-state index in [0.717, 1.165) is 18.8 Å². The zero-order valence-corrected chi connectivity index (χ0v) is 14.6. The number of thiophene rings is 1. The highest BCUT2D eigenvalue weighted by atomic mass is 32.1. The number of para-hydroxylation sites is 1. The van der Waals surface area contributed by atoms with Gasteiger partial charge in [-0.3, -0.25) is 9.69 Å². The predicted octanol–water partition coefficient (Wildman–Crippen LogP) is 3.47. The van der Waals surface area contributed by atoms with Crippen LogP contribution >= 0.6 is 11.3 Å². The predicted molar refractivity (Wildman–Crippen MR) is 97.4 cm³/mol. The zero-order valence-electron chi connectivity index (χ0n) is 13.8. The van der Waals surface area contributed by atoms with E-state index < -0.39 is 0 Å². The maximum atomic E-state index is 12.1. The first-order valence-electron chi connectivity index (χ1n) is 8.55. The summed E-state index contributed by atoms with van der Waals surface area (Å²) in [4.78, 5) is 15.9. The molecule has 5 heteroatoms. The lowest BCUT2D eigenvalue weighted by Gasteiger charge is -2.26. The lowest BCUT2D eigenvalue weighted by molar-refractivity contribution is -0.121. The molecule has 1 saturated heterocycles. The van der Waals surface area contributed by atoms with Crippen molar-refractivity contribution in [1.82, 2.24) is 10.2 Å². The maximum absolute atomic E-state index is 12.1. The Labute approximate surface area is 147 Å². The van der Waals surface area contributed by atoms with Crippen LogP contribution in [-0.4, -0.2) is 37.0 Å². The van der Waals surface area contributed by atoms with Crippen molar-refractivity contribution in [2.75, 3.05) is 26.2 Å². The summed E-state index contributed by atoms with van der Waals surface area (Å²) in [6, 6.07) is 14.1. The zero-order chi connectivity index (χ0) is 16.6. The van der Waals surface area contributed by atoms with Gasteiger partial charge in [0.2, 0.25) is 5.91 Å². The van der Waals surface area contributed by atoms with Gasteiger partial charge in [0.1, 0.15) is 5.75 Å². The number of amides is 1. The van der Waals surface area contributed by atoms with E-state index in [-0.39, 0.29) is 5.91 Å². The maximum Gasteiger partial charge on any atom is 0.223 e. The molecule has 1 N–H and O–H groups in total. The monoisotopic (exact) mass is 344 g/mol. The average molecular weight is 344 g/mol. The second-order valence-electron chi connectivity index (χ2n) is 5.99. The Balaban J connectivity index is 1.44. The van der Waals surface area contributed by atoms with Gasteiger partial charge in [-0.2, -0.15) is 0 Å². The quantitative estimate of drug-likeness (QED) is 0.797. The summed E-state index contributed by atoms with van der Waals surface area (Å²) in [6.07, 6.45) is 2.88. The summed E-state index contributed by atoms with van der Waals surface area (Å²) in [5.41, 5.74) is 0. The largest absolute Gasteiger partial charge is 0.493 e. The number of benzene rings is 1. The summed E-state index contributed by atoms with van der Waals surface area (Å²) in [5.74, 6) is 0.852. The van der Waals surface area contributed by atoms with E-state index in [1.165, 1.54) is 17.7 Å². The molecule has 2 heterocycles. The fourth-order valence-corrected chi connectivity index (χ4v) is 3.88. The Morgan fingerprint density at radius 3 is 2.67 bits per heavy atom. The van der Waals surface area contributed by atoms with E-state index in [4.69, 9.17) is 4.74 Å². The topological polar surface area (TPSA) is 41.6 Å². The van der Waals surface area contributed by atoms with E-state index >= 15 is 0 Å². The Morgan fingerprint density at radius 2 is 1.96 bits per heavy atom. The Hall–Kier alpha value is -1.85. The van der Waals surface area contributed by atoms with Gasteiger partial charge in [0.15, 0.2) is 0 Å². The minimum absolute atomic E-state index is 0.0479. The third-order valence-corrected chi connectivity index (χ3v) is 5.26. The normalized spacial score (nSPS) is 16.0. The SMILES string of the molecule is O=C(CCOc1ccccc1)NCC(c1cccs1)N1CCCC1. The molecule has 1 amide bonds. The van der Waals surface area contributed by atoms with E-state index in [1.54, 1.807) is 11.3 Å². The molecule has 1 aromatic heterocycles. The Kier molecular flexibility index (Phi) is 6.26. The molecule has 0 bridgehead atoms. The van der Waals surface area contributed by atoms with Gasteiger partial charge < -0.3 is 10.1 Å². The van der Waals surface area contributed by atoms with Crippen LogP contribution in [0.3, 0.4) is 0 Å². The summed E-state index contributed by atoms with van der Waals surface area (Å²) < 4.78 is 5.59. The van der Waals surface area contributed by atoms with Crippen LogP contribution in [0, 0.1) is 0 Å². The summed E-state index contributed by atoms with van der Waals surface area (Å²) in [5, 5.41) is 5.19. The molecule has 1 atom stereocenters. The van der Waals surface area contributed by atoms with Gasteiger partial charge in [-0.15, -0.1) is 11.3 Å². The minimum Gasteiger partial charge on any atom is -0.493 e. The first-order chi connectivity index (χ1) is 11.8. The van der Waals surface area contributed by atoms with E-state index in [9.17, 15) is 4.79 Å². The number of rotatable bonds is 8. The van der Waals surface area contributed by atoms with Crippen LogP contribution in [0.2, 0.25) is 0 Å². The molecule has 1 aliphatic heterocycles. The third kappa shape index (κ3) is 4.82. The van der Waals surface area contributed by atoms with Crippen LogP contribution in [-0.2, 0) is 4.79 Å². The smallest absolute Gasteiger partial charge is 0.223 e. The van der Waals surface area contributed by atoms with Crippen LogP contribution in [0.1, 0.15) is 30.2 Å². The Bertz CT molecular complexity index is 610. The van der Waals surface area contributed by atoms with Crippen molar-refractivity contribution in [2.45, 2.75) is 25.3 Å². The van der Waals surface area contributed by atoms with Gasteiger partial charge in [-0.1, -0.05) is 24.3 Å². The number of nitrogens with one attached hydrogen (secondary N) is 1. The van der Waals surface area contributed by atoms with Gasteiger partial charge in [0.25, 0.3) is 0 Å². The van der Waals surface area contributed by atoms with E-state index in [1.807, 2.05) is 30.3 Å². The molecule has 1 fully saturated rings. The van der Waals surface area contributed by atoms with Gasteiger partial charge in [0.05, 0.1) is 19.1 Å². The molecule has 4 nitrogen and oxygen atoms in total. The first-order valence-corrected chi connectivity index (χ1v) is 9.43. The van der Waals surface area contributed by atoms with Crippen molar-refractivity contribution in [3.63, 3.8) is 0 Å². The minimum atomic E-state index is 0.0479. The molecule has 1 unspecified atom stereocenters. The van der Waals surface area contributed by atoms with Gasteiger partial charge in [-0.25, -0.2) is 0 Å². The molecule has 0 aliphatic carbocycles. The van der Waals surface area contributed by atoms with Crippen LogP contribution in [0.4, 0.5) is 0 Å². The highest BCUT2D eigenvalue weighted by molar-refractivity contribution is 7.10. The molecule has 24 heavy (non-hydrogen) atoms. The number of likely N-dealkylation sites (tertiary alicyclic amines) is 1. The molecule has 1 aromatic carbocycles. The van der Waals surface area contributed by atoms with E-state index in [0.29, 0.717) is 25.6 Å². The summed E-state index contributed by atoms with van der Waals surface area (Å²) in [6.45, 7) is 3.32. The third-order valence-electron chi connectivity index (χ3n) is 4.29. The molecule has 128 valence electrons. The van der Waals surface area contributed by atoms with Crippen LogP contribution < -0.4 is 10.1 Å². The van der Waals surface area contributed by atoms with E-state index in [2.05, 4.69) is 27.7 Å². The number of carbonyl (C=O) groups excluding carboxylic acids is 1. The van der Waals surface area contributed by atoms with Crippen molar-refractivity contribution >= 4 is 17.2 Å². The number of ether oxygens (including phenoxy) is 1. The standard InChI is InChI=1S/C19H24N2O2S/c22-19(10-13-23-16-7-2-1-3-8-16)20-15-17(18-9-6-14-24-18)21-11-4-5-12-21/h1-3,6-9,14,17H,4-5,10-13,15H2,(H,20,22). The second-order valence-corrected chi connectivity index (χ2v) is 6.97. The molecule has 0 saturated carbocycles. The summed E-state index contributed by atoms with van der Waals surface area (Å²) >= 11 is 1.77. The lowest BCUT2D eigenvalue weighted by atomic mass is 10.2. The van der Waals surface area contributed by atoms with Gasteiger partial charge >= 0.3 is 0 Å². The van der Waals surface area contributed by atoms with Crippen molar-refractivity contribution in [3.05, 3.63) is 52.7 Å². The van der Waals surface area contributed by atoms with Crippen molar-refractivity contribution < 1.29 is 9.53 Å². The van der Waals surface area contributed by atoms with Crippen LogP contribution in [0.15, 0.2) is 47.8 Å². The molecule has 2 aromatic rings. The number of nitrogens with zero attached hydrogens (tertiary/aromatic N) is 1. The first kappa shape index (κ1) is 17.0. The highest BCUT2D eigenvalue weighted by Crippen LogP contribution is 2.27. The number of hydrogen-bond acceptors (Lipinski definition) is 4. The van der Waals surface area contributed by atoms with Crippen LogP contribution in [0.25, 0.3) is 0 Å². The van der Waals surface area contributed by atoms with Crippen molar-refractivity contribution in [2.24, 2.45) is 0 Å². The van der Waals surface area contributed by atoms with Gasteiger partial charge in [0, 0.05) is 11.4 Å². The number of hydrogen-bond donors (Lipinski definition) is 1.